The summed E-state index contributed by atoms with van der Waals surface area (Å²) in [5.41, 5.74) is 1.32. The van der Waals surface area contributed by atoms with E-state index in [2.05, 4.69) is 28.9 Å². The summed E-state index contributed by atoms with van der Waals surface area (Å²) in [5, 5.41) is 3.07. The molecule has 0 radical (unpaired) electrons. The fourth-order valence-electron chi connectivity index (χ4n) is 4.95. The van der Waals surface area contributed by atoms with Gasteiger partial charge in [0.2, 0.25) is 15.5 Å². The lowest BCUT2D eigenvalue weighted by Crippen LogP contribution is -2.36. The third-order valence-electron chi connectivity index (χ3n) is 7.23. The number of allylic oxidation sites excluding steroid dienone is 1. The largest absolute Gasteiger partial charge is 0.351 e. The first-order chi connectivity index (χ1) is 18.8. The standard InChI is InChI=1S/C30H38N4O4S/c1-3-17-33-23-27(30(36)31-16-21-32(2)20-15-24-11-7-6-8-12-24)29(35)26-22-25(13-14-28(26)33)39(37,38)34-18-9-4-5-10-19-34/h3,6-8,11-14,22-23H,1,4-5,9-10,15-21H2,2H3,(H,31,36). The van der Waals surface area contributed by atoms with Crippen molar-refractivity contribution in [1.29, 1.82) is 0 Å². The molecule has 1 aliphatic rings. The molecule has 1 amide bonds. The fourth-order valence-corrected chi connectivity index (χ4v) is 6.50. The second-order valence-corrected chi connectivity index (χ2v) is 12.0. The van der Waals surface area contributed by atoms with E-state index in [1.165, 1.54) is 22.1 Å². The average Bonchev–Trinajstić information content (AvgIpc) is 3.24. The third kappa shape index (κ3) is 7.03. The van der Waals surface area contributed by atoms with Gasteiger partial charge in [-0.15, -0.1) is 6.58 Å². The molecule has 0 unspecified atom stereocenters. The summed E-state index contributed by atoms with van der Waals surface area (Å²) in [6, 6.07) is 14.8. The van der Waals surface area contributed by atoms with Crippen molar-refractivity contribution in [2.45, 2.75) is 43.5 Å². The molecule has 39 heavy (non-hydrogen) atoms. The minimum absolute atomic E-state index is 0.0133. The summed E-state index contributed by atoms with van der Waals surface area (Å²) < 4.78 is 30.0. The number of carbonyl (C=O) groups is 1. The zero-order valence-electron chi connectivity index (χ0n) is 22.6. The van der Waals surface area contributed by atoms with E-state index < -0.39 is 21.4 Å². The Morgan fingerprint density at radius 3 is 2.46 bits per heavy atom. The predicted molar refractivity (Wildman–Crippen MR) is 156 cm³/mol. The molecule has 8 nitrogen and oxygen atoms in total. The maximum Gasteiger partial charge on any atom is 0.256 e. The first-order valence-electron chi connectivity index (χ1n) is 13.6. The van der Waals surface area contributed by atoms with E-state index in [-0.39, 0.29) is 15.8 Å². The van der Waals surface area contributed by atoms with Gasteiger partial charge in [-0.1, -0.05) is 49.2 Å². The van der Waals surface area contributed by atoms with Crippen LogP contribution in [0, 0.1) is 0 Å². The third-order valence-corrected chi connectivity index (χ3v) is 9.12. The second kappa shape index (κ2) is 13.2. The maximum atomic E-state index is 13.5. The molecule has 4 rings (SSSR count). The van der Waals surface area contributed by atoms with Gasteiger partial charge in [0.25, 0.3) is 5.91 Å². The van der Waals surface area contributed by atoms with Crippen LogP contribution in [0.25, 0.3) is 10.9 Å². The van der Waals surface area contributed by atoms with Crippen LogP contribution in [-0.4, -0.2) is 67.9 Å². The average molecular weight is 551 g/mol. The van der Waals surface area contributed by atoms with Crippen molar-refractivity contribution >= 4 is 26.8 Å². The molecule has 0 spiro atoms. The number of carbonyl (C=O) groups excluding carboxylic acids is 1. The fraction of sp³-hybridized carbons (Fsp3) is 0.400. The minimum Gasteiger partial charge on any atom is -0.351 e. The molecule has 1 aliphatic heterocycles. The van der Waals surface area contributed by atoms with E-state index in [1.54, 1.807) is 22.8 Å². The number of rotatable bonds is 11. The van der Waals surface area contributed by atoms with Gasteiger partial charge in [0.15, 0.2) is 0 Å². The molecule has 1 N–H and O–H groups in total. The second-order valence-electron chi connectivity index (χ2n) is 10.1. The summed E-state index contributed by atoms with van der Waals surface area (Å²) in [6.45, 7) is 6.97. The Labute approximate surface area is 231 Å². The van der Waals surface area contributed by atoms with Crippen LogP contribution in [0.5, 0.6) is 0 Å². The molecular formula is C30H38N4O4S. The van der Waals surface area contributed by atoms with E-state index >= 15 is 0 Å². The molecule has 0 saturated carbocycles. The highest BCUT2D eigenvalue weighted by atomic mass is 32.2. The molecule has 0 aliphatic carbocycles. The van der Waals surface area contributed by atoms with Gasteiger partial charge in [-0.3, -0.25) is 9.59 Å². The number of hydrogen-bond acceptors (Lipinski definition) is 5. The van der Waals surface area contributed by atoms with Crippen molar-refractivity contribution in [1.82, 2.24) is 19.1 Å². The number of nitrogens with one attached hydrogen (secondary N) is 1. The summed E-state index contributed by atoms with van der Waals surface area (Å²) in [7, 11) is -1.75. The van der Waals surface area contributed by atoms with Crippen molar-refractivity contribution in [2.75, 3.05) is 39.8 Å². The van der Waals surface area contributed by atoms with Crippen LogP contribution >= 0.6 is 0 Å². The molecule has 1 fully saturated rings. The van der Waals surface area contributed by atoms with Crippen LogP contribution in [0.15, 0.2) is 77.1 Å². The molecule has 2 heterocycles. The van der Waals surface area contributed by atoms with Gasteiger partial charge >= 0.3 is 0 Å². The van der Waals surface area contributed by atoms with Crippen molar-refractivity contribution in [3.8, 4) is 0 Å². The number of hydrogen-bond donors (Lipinski definition) is 1. The van der Waals surface area contributed by atoms with Crippen LogP contribution in [-0.2, 0) is 23.0 Å². The summed E-state index contributed by atoms with van der Waals surface area (Å²) >= 11 is 0. The topological polar surface area (TPSA) is 91.7 Å². The molecule has 1 aromatic heterocycles. The highest BCUT2D eigenvalue weighted by molar-refractivity contribution is 7.89. The molecule has 9 heteroatoms. The number of sulfonamides is 1. The first-order valence-corrected chi connectivity index (χ1v) is 15.0. The smallest absolute Gasteiger partial charge is 0.256 e. The SMILES string of the molecule is C=CCn1cc(C(=O)NCCN(C)CCc2ccccc2)c(=O)c2cc(S(=O)(=O)N3CCCCCC3)ccc21. The Morgan fingerprint density at radius 2 is 1.77 bits per heavy atom. The molecule has 3 aromatic rings. The van der Waals surface area contributed by atoms with E-state index in [1.807, 2.05) is 25.2 Å². The lowest BCUT2D eigenvalue weighted by Gasteiger charge is -2.20. The summed E-state index contributed by atoms with van der Waals surface area (Å²) in [5.74, 6) is -0.475. The minimum atomic E-state index is -3.74. The highest BCUT2D eigenvalue weighted by Crippen LogP contribution is 2.23. The van der Waals surface area contributed by atoms with Crippen LogP contribution in [0.3, 0.4) is 0 Å². The van der Waals surface area contributed by atoms with E-state index in [9.17, 15) is 18.0 Å². The zero-order chi connectivity index (χ0) is 27.8. The van der Waals surface area contributed by atoms with Gasteiger partial charge in [0, 0.05) is 50.9 Å². The van der Waals surface area contributed by atoms with Crippen molar-refractivity contribution in [3.05, 3.63) is 88.7 Å². The van der Waals surface area contributed by atoms with Gasteiger partial charge in [-0.2, -0.15) is 4.31 Å². The lowest BCUT2D eigenvalue weighted by atomic mass is 10.1. The van der Waals surface area contributed by atoms with Crippen molar-refractivity contribution < 1.29 is 13.2 Å². The lowest BCUT2D eigenvalue weighted by molar-refractivity contribution is 0.0948. The van der Waals surface area contributed by atoms with Crippen LogP contribution in [0.1, 0.15) is 41.6 Å². The highest BCUT2D eigenvalue weighted by Gasteiger charge is 2.26. The van der Waals surface area contributed by atoms with Gasteiger partial charge < -0.3 is 14.8 Å². The molecule has 0 atom stereocenters. The first kappa shape index (κ1) is 28.7. The Morgan fingerprint density at radius 1 is 1.05 bits per heavy atom. The van der Waals surface area contributed by atoms with Gasteiger partial charge in [0.05, 0.1) is 10.4 Å². The number of amides is 1. The predicted octanol–water partition coefficient (Wildman–Crippen LogP) is 3.66. The van der Waals surface area contributed by atoms with Gasteiger partial charge in [-0.05, 0) is 50.1 Å². The molecule has 208 valence electrons. The van der Waals surface area contributed by atoms with Crippen LogP contribution in [0.4, 0.5) is 0 Å². The maximum absolute atomic E-state index is 13.5. The van der Waals surface area contributed by atoms with Crippen molar-refractivity contribution in [2.24, 2.45) is 0 Å². The summed E-state index contributed by atoms with van der Waals surface area (Å²) in [4.78, 5) is 28.8. The Kier molecular flexibility index (Phi) is 9.72. The molecule has 0 bridgehead atoms. The quantitative estimate of drug-likeness (QED) is 0.368. The van der Waals surface area contributed by atoms with E-state index in [0.29, 0.717) is 38.2 Å². The van der Waals surface area contributed by atoms with Crippen LogP contribution < -0.4 is 10.7 Å². The number of nitrogens with zero attached hydrogens (tertiary/aromatic N) is 3. The van der Waals surface area contributed by atoms with E-state index in [4.69, 9.17) is 0 Å². The zero-order valence-corrected chi connectivity index (χ0v) is 23.5. The Hall–Kier alpha value is -3.27. The molecule has 1 saturated heterocycles. The Balaban J connectivity index is 1.52. The number of benzene rings is 2. The number of pyridine rings is 1. The number of likely N-dealkylation sites (N-methyl/N-ethyl adjacent to an activating group) is 1. The number of fused-ring (bicyclic) bond motifs is 1. The molecular weight excluding hydrogens is 512 g/mol. The van der Waals surface area contributed by atoms with Gasteiger partial charge in [-0.25, -0.2) is 8.42 Å². The Bertz CT molecular complexity index is 1460. The normalized spacial score (nSPS) is 14.8. The van der Waals surface area contributed by atoms with Crippen molar-refractivity contribution in [3.63, 3.8) is 0 Å². The number of aromatic nitrogens is 1. The molecule has 2 aromatic carbocycles. The van der Waals surface area contributed by atoms with Gasteiger partial charge in [0.1, 0.15) is 5.56 Å². The summed E-state index contributed by atoms with van der Waals surface area (Å²) in [6.07, 6.45) is 7.79. The van der Waals surface area contributed by atoms with Crippen LogP contribution in [0.2, 0.25) is 0 Å². The van der Waals surface area contributed by atoms with E-state index in [0.717, 1.165) is 38.6 Å². The monoisotopic (exact) mass is 550 g/mol.